The van der Waals surface area contributed by atoms with Crippen LogP contribution in [0.4, 0.5) is 13.2 Å². The number of nitrogens with zero attached hydrogens (tertiary/aromatic N) is 1. The lowest BCUT2D eigenvalue weighted by Gasteiger charge is -2.42. The number of piperazine rings is 1. The van der Waals surface area contributed by atoms with Gasteiger partial charge < -0.3 is 24.8 Å². The SMILES string of the molecule is COc1ccc(C(CN2CCNCC2)C2(O)CCCCC2)cc1OC(F)(F)F. The number of halogens is 3. The summed E-state index contributed by atoms with van der Waals surface area (Å²) in [6, 6.07) is 4.63. The highest BCUT2D eigenvalue weighted by atomic mass is 19.4. The smallest absolute Gasteiger partial charge is 0.493 e. The Bertz CT molecular complexity index is 642. The Hall–Kier alpha value is -1.51. The molecule has 2 N–H and O–H groups in total. The fourth-order valence-electron chi connectivity index (χ4n) is 4.36. The minimum absolute atomic E-state index is 0.0256. The van der Waals surface area contributed by atoms with E-state index in [1.165, 1.54) is 19.2 Å². The van der Waals surface area contributed by atoms with Crippen LogP contribution in [0, 0.1) is 0 Å². The fourth-order valence-corrected chi connectivity index (χ4v) is 4.36. The van der Waals surface area contributed by atoms with Gasteiger partial charge in [-0.15, -0.1) is 13.2 Å². The molecule has 0 amide bonds. The third kappa shape index (κ3) is 5.30. The van der Waals surface area contributed by atoms with Gasteiger partial charge in [0.2, 0.25) is 0 Å². The lowest BCUT2D eigenvalue weighted by molar-refractivity contribution is -0.275. The molecule has 3 rings (SSSR count). The number of nitrogens with one attached hydrogen (secondary N) is 1. The quantitative estimate of drug-likeness (QED) is 0.765. The van der Waals surface area contributed by atoms with Gasteiger partial charge in [0.1, 0.15) is 0 Å². The molecule has 1 atom stereocenters. The second-order valence-corrected chi connectivity index (χ2v) is 7.73. The molecule has 1 aromatic rings. The molecular weight excluding hydrogens is 373 g/mol. The van der Waals surface area contributed by atoms with Crippen molar-refractivity contribution in [3.63, 3.8) is 0 Å². The molecule has 1 unspecified atom stereocenters. The van der Waals surface area contributed by atoms with E-state index < -0.39 is 12.0 Å². The van der Waals surface area contributed by atoms with Gasteiger partial charge in [0.15, 0.2) is 11.5 Å². The van der Waals surface area contributed by atoms with E-state index >= 15 is 0 Å². The molecular formula is C20H29F3N2O3. The molecule has 0 bridgehead atoms. The van der Waals surface area contributed by atoms with Gasteiger partial charge in [-0.2, -0.15) is 0 Å². The van der Waals surface area contributed by atoms with E-state index in [4.69, 9.17) is 4.74 Å². The van der Waals surface area contributed by atoms with Crippen molar-refractivity contribution in [1.29, 1.82) is 0 Å². The maximum Gasteiger partial charge on any atom is 0.573 e. The Kier molecular flexibility index (Phi) is 6.73. The lowest BCUT2D eigenvalue weighted by Crippen LogP contribution is -2.49. The summed E-state index contributed by atoms with van der Waals surface area (Å²) < 4.78 is 47.8. The fraction of sp³-hybridized carbons (Fsp3) is 0.700. The van der Waals surface area contributed by atoms with Crippen molar-refractivity contribution in [3.8, 4) is 11.5 Å². The van der Waals surface area contributed by atoms with E-state index in [2.05, 4.69) is 15.0 Å². The molecule has 1 saturated heterocycles. The Morgan fingerprint density at radius 2 is 1.82 bits per heavy atom. The molecule has 1 aliphatic heterocycles. The highest BCUT2D eigenvalue weighted by Gasteiger charge is 2.40. The molecule has 0 radical (unpaired) electrons. The van der Waals surface area contributed by atoms with E-state index in [0.717, 1.165) is 45.4 Å². The maximum atomic E-state index is 12.9. The van der Waals surface area contributed by atoms with Crippen LogP contribution in [0.15, 0.2) is 18.2 Å². The van der Waals surface area contributed by atoms with Gasteiger partial charge in [0.05, 0.1) is 12.7 Å². The van der Waals surface area contributed by atoms with E-state index in [1.54, 1.807) is 6.07 Å². The van der Waals surface area contributed by atoms with Crippen molar-refractivity contribution < 1.29 is 27.8 Å². The second kappa shape index (κ2) is 8.88. The number of methoxy groups -OCH3 is 1. The van der Waals surface area contributed by atoms with Gasteiger partial charge in [-0.3, -0.25) is 0 Å². The minimum atomic E-state index is -4.80. The number of ether oxygens (including phenoxy) is 2. The second-order valence-electron chi connectivity index (χ2n) is 7.73. The third-order valence-electron chi connectivity index (χ3n) is 5.83. The normalized spacial score (nSPS) is 21.9. The molecule has 2 aliphatic rings. The number of hydrogen-bond donors (Lipinski definition) is 2. The molecule has 2 fully saturated rings. The Morgan fingerprint density at radius 3 is 2.43 bits per heavy atom. The Labute approximate surface area is 163 Å². The highest BCUT2D eigenvalue weighted by Crippen LogP contribution is 2.43. The summed E-state index contributed by atoms with van der Waals surface area (Å²) in [7, 11) is 1.31. The first-order valence-electron chi connectivity index (χ1n) is 9.90. The summed E-state index contributed by atoms with van der Waals surface area (Å²) in [5.74, 6) is -0.623. The molecule has 158 valence electrons. The van der Waals surface area contributed by atoms with E-state index in [-0.39, 0.29) is 17.4 Å². The van der Waals surface area contributed by atoms with Crippen LogP contribution in [0.25, 0.3) is 0 Å². The number of benzene rings is 1. The summed E-state index contributed by atoms with van der Waals surface area (Å²) in [6.45, 7) is 4.06. The molecule has 5 nitrogen and oxygen atoms in total. The standard InChI is InChI=1S/C20H29F3N2O3/c1-27-17-6-5-15(13-18(17)28-20(21,22)23)16(14-25-11-9-24-10-12-25)19(26)7-3-2-4-8-19/h5-6,13,16,24,26H,2-4,7-12,14H2,1H3. The number of alkyl halides is 3. The summed E-state index contributed by atoms with van der Waals surface area (Å²) in [5.41, 5.74) is -0.268. The van der Waals surface area contributed by atoms with Gasteiger partial charge in [0.25, 0.3) is 0 Å². The van der Waals surface area contributed by atoms with E-state index in [1.807, 2.05) is 0 Å². The molecule has 1 aliphatic carbocycles. The summed E-state index contributed by atoms with van der Waals surface area (Å²) in [6.07, 6.45) is -0.556. The van der Waals surface area contributed by atoms with Crippen molar-refractivity contribution in [2.75, 3.05) is 39.8 Å². The van der Waals surface area contributed by atoms with Gasteiger partial charge in [0, 0.05) is 38.6 Å². The molecule has 1 heterocycles. The first-order valence-corrected chi connectivity index (χ1v) is 9.90. The van der Waals surface area contributed by atoms with Gasteiger partial charge >= 0.3 is 6.36 Å². The number of hydrogen-bond acceptors (Lipinski definition) is 5. The molecule has 0 spiro atoms. The van der Waals surface area contributed by atoms with Crippen molar-refractivity contribution >= 4 is 0 Å². The molecule has 8 heteroatoms. The topological polar surface area (TPSA) is 54.0 Å². The maximum absolute atomic E-state index is 12.9. The van der Waals surface area contributed by atoms with Crippen LogP contribution in [0.5, 0.6) is 11.5 Å². The Morgan fingerprint density at radius 1 is 1.14 bits per heavy atom. The third-order valence-corrected chi connectivity index (χ3v) is 5.83. The van der Waals surface area contributed by atoms with Crippen LogP contribution in [0.2, 0.25) is 0 Å². The monoisotopic (exact) mass is 402 g/mol. The molecule has 0 aromatic heterocycles. The first kappa shape index (κ1) is 21.2. The van der Waals surface area contributed by atoms with Crippen LogP contribution >= 0.6 is 0 Å². The zero-order valence-corrected chi connectivity index (χ0v) is 16.2. The Balaban J connectivity index is 1.92. The number of aliphatic hydroxyl groups is 1. The zero-order valence-electron chi connectivity index (χ0n) is 16.2. The summed E-state index contributed by atoms with van der Waals surface area (Å²) in [4.78, 5) is 2.27. The first-order chi connectivity index (χ1) is 13.3. The highest BCUT2D eigenvalue weighted by molar-refractivity contribution is 5.45. The number of rotatable bonds is 6. The van der Waals surface area contributed by atoms with Crippen LogP contribution in [-0.2, 0) is 0 Å². The van der Waals surface area contributed by atoms with Crippen molar-refractivity contribution in [3.05, 3.63) is 23.8 Å². The van der Waals surface area contributed by atoms with Crippen molar-refractivity contribution in [1.82, 2.24) is 10.2 Å². The van der Waals surface area contributed by atoms with Crippen LogP contribution < -0.4 is 14.8 Å². The van der Waals surface area contributed by atoms with Crippen molar-refractivity contribution in [2.45, 2.75) is 50.0 Å². The van der Waals surface area contributed by atoms with E-state index in [9.17, 15) is 18.3 Å². The van der Waals surface area contributed by atoms with Crippen LogP contribution in [0.3, 0.4) is 0 Å². The molecule has 1 saturated carbocycles. The van der Waals surface area contributed by atoms with Gasteiger partial charge in [-0.05, 0) is 30.5 Å². The predicted octanol–water partition coefficient (Wildman–Crippen LogP) is 3.28. The summed E-state index contributed by atoms with van der Waals surface area (Å²) >= 11 is 0. The van der Waals surface area contributed by atoms with Gasteiger partial charge in [-0.25, -0.2) is 0 Å². The van der Waals surface area contributed by atoms with E-state index in [0.29, 0.717) is 24.9 Å². The molecule has 1 aromatic carbocycles. The van der Waals surface area contributed by atoms with Crippen LogP contribution in [-0.4, -0.2) is 61.8 Å². The average molecular weight is 402 g/mol. The minimum Gasteiger partial charge on any atom is -0.493 e. The van der Waals surface area contributed by atoms with Gasteiger partial charge in [-0.1, -0.05) is 25.3 Å². The largest absolute Gasteiger partial charge is 0.573 e. The van der Waals surface area contributed by atoms with Crippen LogP contribution in [0.1, 0.15) is 43.6 Å². The van der Waals surface area contributed by atoms with Crippen molar-refractivity contribution in [2.24, 2.45) is 0 Å². The zero-order chi connectivity index (χ0) is 20.2. The summed E-state index contributed by atoms with van der Waals surface area (Å²) in [5, 5.41) is 14.7. The molecule has 28 heavy (non-hydrogen) atoms. The predicted molar refractivity (Wildman–Crippen MR) is 99.8 cm³/mol. The lowest BCUT2D eigenvalue weighted by atomic mass is 9.72. The average Bonchev–Trinajstić information content (AvgIpc) is 2.66.